The van der Waals surface area contributed by atoms with E-state index in [0.29, 0.717) is 11.1 Å². The molecule has 2 heterocycles. The van der Waals surface area contributed by atoms with E-state index in [1.165, 1.54) is 0 Å². The van der Waals surface area contributed by atoms with Crippen molar-refractivity contribution in [2.75, 3.05) is 0 Å². The van der Waals surface area contributed by atoms with Gasteiger partial charge in [-0.05, 0) is 51.9 Å². The van der Waals surface area contributed by atoms with Gasteiger partial charge in [0.2, 0.25) is 20.8 Å². The Labute approximate surface area is 275 Å². The molecule has 2 N–H and O–H groups in total. The van der Waals surface area contributed by atoms with Crippen molar-refractivity contribution in [1.29, 1.82) is 0 Å². The van der Waals surface area contributed by atoms with Crippen LogP contribution in [-0.2, 0) is 40.5 Å². The van der Waals surface area contributed by atoms with Crippen LogP contribution in [0.5, 0.6) is 0 Å². The summed E-state index contributed by atoms with van der Waals surface area (Å²) in [6, 6.07) is 17.5. The molecule has 200 valence electrons. The third-order valence-corrected chi connectivity index (χ3v) is 7.17. The average Bonchev–Trinajstić information content (AvgIpc) is 3.55. The molecule has 5 rings (SSSR count). The molecule has 11 nitrogen and oxygen atoms in total. The van der Waals surface area contributed by atoms with Crippen molar-refractivity contribution in [2.45, 2.75) is 30.8 Å². The molecule has 0 bridgehead atoms. The molecule has 4 atom stereocenters. The molecule has 0 saturated heterocycles. The summed E-state index contributed by atoms with van der Waals surface area (Å²) in [7, 11) is -10.8. The Balaban J connectivity index is 0.00000220. The first-order chi connectivity index (χ1) is 18.1. The third-order valence-electron chi connectivity index (χ3n) is 6.27. The van der Waals surface area contributed by atoms with Crippen LogP contribution in [0.15, 0.2) is 85.3 Å². The maximum atomic E-state index is 11.9. The summed E-state index contributed by atoms with van der Waals surface area (Å²) in [6.45, 7) is -0.0273. The largest absolute Gasteiger partial charge is 1.00 e. The molecule has 1 aliphatic rings. The summed E-state index contributed by atoms with van der Waals surface area (Å²) in [6.07, 6.45) is 1.81. The minimum atomic E-state index is -5.40. The maximum Gasteiger partial charge on any atom is 1.00 e. The van der Waals surface area contributed by atoms with Crippen molar-refractivity contribution in [1.82, 2.24) is 9.97 Å². The Kier molecular flexibility index (Phi) is 11.4. The van der Waals surface area contributed by atoms with E-state index in [1.54, 1.807) is 79.3 Å². The number of fused-ring (bicyclic) bond motifs is 1. The van der Waals surface area contributed by atoms with Gasteiger partial charge >= 0.3 is 59.1 Å². The van der Waals surface area contributed by atoms with E-state index in [1.807, 2.05) is 6.07 Å². The smallest absolute Gasteiger partial charge is 0.726 e. The van der Waals surface area contributed by atoms with Crippen molar-refractivity contribution < 1.29 is 98.2 Å². The molecule has 0 spiro atoms. The Bertz CT molecular complexity index is 1660. The Morgan fingerprint density at radius 2 is 1.55 bits per heavy atom. The molecule has 2 aromatic carbocycles. The average molecular weight is 605 g/mol. The number of nitrogens with one attached hydrogen (secondary N) is 2. The van der Waals surface area contributed by atoms with E-state index in [4.69, 9.17) is 13.1 Å². The van der Waals surface area contributed by atoms with E-state index in [9.17, 15) is 25.9 Å². The predicted molar refractivity (Wildman–Crippen MR) is 134 cm³/mol. The number of hydrogen-bond donors (Lipinski definition) is 2. The van der Waals surface area contributed by atoms with Gasteiger partial charge in [-0.25, -0.2) is 16.8 Å². The summed E-state index contributed by atoms with van der Waals surface area (Å²) in [5.74, 6) is -0.720. The van der Waals surface area contributed by atoms with Gasteiger partial charge < -0.3 is 23.8 Å². The van der Waals surface area contributed by atoms with Crippen LogP contribution in [0.4, 0.5) is 0 Å². The standard InChI is InChI=1S/C25H24N2O9S2.2Na/c28-37(29,30)35-24-20(17-6-7-22-18(12-17)9-11-27-22)13-21(19-8-10-26-14-19)23(25(24)36-38(31,32)33)34-15-16-4-2-1-3-5-16;;/h1-14,21,23-27H,15H2,(H,28,29,30)(H,31,32,33);;/q;2*+1/p-2/t21-,23-,24-,25+;;/m1../s1. The second-order valence-electron chi connectivity index (χ2n) is 8.73. The molecule has 0 amide bonds. The van der Waals surface area contributed by atoms with Crippen LogP contribution in [0.1, 0.15) is 22.6 Å². The second kappa shape index (κ2) is 13.8. The predicted octanol–water partition coefficient (Wildman–Crippen LogP) is -3.04. The van der Waals surface area contributed by atoms with Crippen LogP contribution in [0.2, 0.25) is 0 Å². The summed E-state index contributed by atoms with van der Waals surface area (Å²) in [5.41, 5.74) is 2.74. The molecule has 0 aliphatic heterocycles. The van der Waals surface area contributed by atoms with Gasteiger partial charge in [-0.3, -0.25) is 8.37 Å². The fourth-order valence-electron chi connectivity index (χ4n) is 4.70. The van der Waals surface area contributed by atoms with Crippen molar-refractivity contribution in [3.63, 3.8) is 0 Å². The van der Waals surface area contributed by atoms with E-state index < -0.39 is 45.0 Å². The Morgan fingerprint density at radius 3 is 2.20 bits per heavy atom. The topological polar surface area (TPSA) is 174 Å². The van der Waals surface area contributed by atoms with Gasteiger partial charge in [-0.2, -0.15) is 0 Å². The number of hydrogen-bond acceptors (Lipinski definition) is 9. The molecule has 4 aromatic rings. The fraction of sp³-hybridized carbons (Fsp3) is 0.200. The minimum absolute atomic E-state index is 0. The molecule has 1 aliphatic carbocycles. The zero-order valence-electron chi connectivity index (χ0n) is 21.6. The quantitative estimate of drug-likeness (QED) is 0.114. The van der Waals surface area contributed by atoms with Crippen LogP contribution < -0.4 is 59.1 Å². The summed E-state index contributed by atoms with van der Waals surface area (Å²) in [5, 5.41) is 0.765. The molecule has 40 heavy (non-hydrogen) atoms. The first-order valence-corrected chi connectivity index (χ1v) is 14.1. The fourth-order valence-corrected chi connectivity index (χ4v) is 5.65. The Hall–Kier alpha value is -1.30. The molecular formula is C25H22N2Na2O9S2. The number of H-pyrrole nitrogens is 2. The van der Waals surface area contributed by atoms with E-state index in [2.05, 4.69) is 9.97 Å². The molecule has 0 saturated carbocycles. The number of rotatable bonds is 9. The van der Waals surface area contributed by atoms with E-state index in [0.717, 1.165) is 16.5 Å². The third kappa shape index (κ3) is 8.16. The molecule has 0 unspecified atom stereocenters. The number of aromatic amines is 2. The van der Waals surface area contributed by atoms with E-state index >= 15 is 0 Å². The normalized spacial score (nSPS) is 21.3. The van der Waals surface area contributed by atoms with Crippen LogP contribution in [0, 0.1) is 0 Å². The molecule has 15 heteroatoms. The number of ether oxygens (including phenoxy) is 1. The van der Waals surface area contributed by atoms with Crippen molar-refractivity contribution >= 4 is 37.3 Å². The molecule has 0 radical (unpaired) electrons. The van der Waals surface area contributed by atoms with Crippen molar-refractivity contribution in [3.05, 3.63) is 102 Å². The van der Waals surface area contributed by atoms with Gasteiger partial charge in [0, 0.05) is 30.0 Å². The van der Waals surface area contributed by atoms with Crippen LogP contribution >= 0.6 is 0 Å². The minimum Gasteiger partial charge on any atom is -0.726 e. The SMILES string of the molecule is O=S(=O)([O-])O[C@H]1[C@H](OCc2ccccc2)[C@@H](c2cc[nH]c2)C=C(c2ccc3[nH]ccc3c2)[C@H]1OS(=O)(=O)[O-].[Na+].[Na+]. The maximum absolute atomic E-state index is 11.9. The van der Waals surface area contributed by atoms with Crippen molar-refractivity contribution in [2.24, 2.45) is 0 Å². The Morgan fingerprint density at radius 1 is 0.825 bits per heavy atom. The zero-order valence-corrected chi connectivity index (χ0v) is 27.2. The van der Waals surface area contributed by atoms with Crippen LogP contribution in [0.25, 0.3) is 16.5 Å². The van der Waals surface area contributed by atoms with Gasteiger partial charge in [0.05, 0.1) is 12.7 Å². The van der Waals surface area contributed by atoms with Gasteiger partial charge in [-0.15, -0.1) is 0 Å². The summed E-state index contributed by atoms with van der Waals surface area (Å²) >= 11 is 0. The van der Waals surface area contributed by atoms with Crippen LogP contribution in [0.3, 0.4) is 0 Å². The van der Waals surface area contributed by atoms with Gasteiger partial charge in [0.15, 0.2) is 0 Å². The molecule has 2 aromatic heterocycles. The number of benzene rings is 2. The van der Waals surface area contributed by atoms with Crippen LogP contribution in [-0.4, -0.2) is 54.2 Å². The monoisotopic (exact) mass is 604 g/mol. The first-order valence-electron chi connectivity index (χ1n) is 11.4. The molecule has 0 fully saturated rings. The van der Waals surface area contributed by atoms with Gasteiger partial charge in [0.1, 0.15) is 12.2 Å². The van der Waals surface area contributed by atoms with Gasteiger partial charge in [0.25, 0.3) is 0 Å². The second-order valence-corrected chi connectivity index (χ2v) is 10.7. The number of aromatic nitrogens is 2. The van der Waals surface area contributed by atoms with Crippen molar-refractivity contribution in [3.8, 4) is 0 Å². The van der Waals surface area contributed by atoms with E-state index in [-0.39, 0.29) is 71.3 Å². The summed E-state index contributed by atoms with van der Waals surface area (Å²) in [4.78, 5) is 5.97. The first kappa shape index (κ1) is 33.2. The summed E-state index contributed by atoms with van der Waals surface area (Å²) < 4.78 is 86.9. The molecular weight excluding hydrogens is 582 g/mol. The zero-order chi connectivity index (χ0) is 26.9. The van der Waals surface area contributed by atoms with Gasteiger partial charge in [-0.1, -0.05) is 42.5 Å².